The zero-order valence-corrected chi connectivity index (χ0v) is 12.0. The van der Waals surface area contributed by atoms with Gasteiger partial charge in [0.15, 0.2) is 0 Å². The van der Waals surface area contributed by atoms with Gasteiger partial charge in [0, 0.05) is 11.1 Å². The smallest absolute Gasteiger partial charge is 0.120 e. The number of rotatable bonds is 5. The van der Waals surface area contributed by atoms with Crippen LogP contribution in [0.1, 0.15) is 30.0 Å². The number of nitrogens with two attached hydrogens (primary N) is 1. The maximum atomic E-state index is 6.29. The van der Waals surface area contributed by atoms with Crippen molar-refractivity contribution in [3.63, 3.8) is 0 Å². The molecule has 1 saturated carbocycles. The van der Waals surface area contributed by atoms with Crippen LogP contribution in [0.25, 0.3) is 0 Å². The Bertz CT molecular complexity index is 595. The van der Waals surface area contributed by atoms with Gasteiger partial charge in [-0.3, -0.25) is 0 Å². The molecular weight excluding hydrogens is 270 g/mol. The van der Waals surface area contributed by atoms with Crippen molar-refractivity contribution in [3.8, 4) is 5.75 Å². The van der Waals surface area contributed by atoms with Crippen LogP contribution in [-0.2, 0) is 6.42 Å². The first-order valence-corrected chi connectivity index (χ1v) is 7.35. The van der Waals surface area contributed by atoms with E-state index in [2.05, 4.69) is 12.1 Å². The molecule has 0 spiro atoms. The molecule has 0 aromatic heterocycles. The third-order valence-corrected chi connectivity index (χ3v) is 3.69. The maximum Gasteiger partial charge on any atom is 0.120 e. The van der Waals surface area contributed by atoms with Crippen LogP contribution in [0.4, 0.5) is 0 Å². The van der Waals surface area contributed by atoms with Crippen molar-refractivity contribution in [1.82, 2.24) is 0 Å². The zero-order chi connectivity index (χ0) is 13.9. The van der Waals surface area contributed by atoms with Crippen molar-refractivity contribution >= 4 is 11.6 Å². The molecule has 3 heteroatoms. The van der Waals surface area contributed by atoms with Crippen LogP contribution in [-0.4, -0.2) is 6.10 Å². The number of halogens is 1. The average Bonchev–Trinajstić information content (AvgIpc) is 3.23. The fourth-order valence-electron chi connectivity index (χ4n) is 2.23. The van der Waals surface area contributed by atoms with Gasteiger partial charge < -0.3 is 10.5 Å². The van der Waals surface area contributed by atoms with Crippen LogP contribution in [0.2, 0.25) is 5.02 Å². The van der Waals surface area contributed by atoms with Gasteiger partial charge in [0.25, 0.3) is 0 Å². The Balaban J connectivity index is 1.71. The van der Waals surface area contributed by atoms with Crippen molar-refractivity contribution in [1.29, 1.82) is 0 Å². The Hall–Kier alpha value is -1.51. The van der Waals surface area contributed by atoms with Gasteiger partial charge in [-0.25, -0.2) is 0 Å². The van der Waals surface area contributed by atoms with E-state index in [0.29, 0.717) is 6.10 Å². The fourth-order valence-corrected chi connectivity index (χ4v) is 2.45. The molecule has 1 aliphatic carbocycles. The summed E-state index contributed by atoms with van der Waals surface area (Å²) in [6.45, 7) is 0. The molecule has 1 aliphatic rings. The van der Waals surface area contributed by atoms with E-state index >= 15 is 0 Å². The van der Waals surface area contributed by atoms with Crippen LogP contribution < -0.4 is 10.5 Å². The molecule has 1 fully saturated rings. The van der Waals surface area contributed by atoms with Crippen LogP contribution in [0.3, 0.4) is 0 Å². The van der Waals surface area contributed by atoms with E-state index in [1.54, 1.807) is 0 Å². The van der Waals surface area contributed by atoms with Gasteiger partial charge in [-0.15, -0.1) is 0 Å². The molecule has 20 heavy (non-hydrogen) atoms. The summed E-state index contributed by atoms with van der Waals surface area (Å²) in [6, 6.07) is 15.9. The first-order valence-electron chi connectivity index (χ1n) is 6.97. The lowest BCUT2D eigenvalue weighted by atomic mass is 9.99. The predicted octanol–water partition coefficient (Wildman–Crippen LogP) is 4.12. The molecule has 2 aromatic rings. The lowest BCUT2D eigenvalue weighted by molar-refractivity contribution is 0.302. The molecule has 3 rings (SSSR count). The molecular formula is C17H18ClNO. The molecule has 0 amide bonds. The summed E-state index contributed by atoms with van der Waals surface area (Å²) in [5, 5.41) is 0.750. The van der Waals surface area contributed by atoms with Crippen LogP contribution in [0.15, 0.2) is 48.5 Å². The van der Waals surface area contributed by atoms with Gasteiger partial charge in [0.05, 0.1) is 6.10 Å². The van der Waals surface area contributed by atoms with E-state index in [9.17, 15) is 0 Å². The molecule has 0 heterocycles. The lowest BCUT2D eigenvalue weighted by Crippen LogP contribution is -2.13. The van der Waals surface area contributed by atoms with Crippen molar-refractivity contribution in [2.45, 2.75) is 31.4 Å². The van der Waals surface area contributed by atoms with E-state index in [0.717, 1.165) is 28.3 Å². The quantitative estimate of drug-likeness (QED) is 0.897. The Morgan fingerprint density at radius 1 is 1.15 bits per heavy atom. The molecule has 1 atom stereocenters. The van der Waals surface area contributed by atoms with E-state index in [1.807, 2.05) is 36.4 Å². The monoisotopic (exact) mass is 287 g/mol. The van der Waals surface area contributed by atoms with E-state index in [4.69, 9.17) is 22.1 Å². The summed E-state index contributed by atoms with van der Waals surface area (Å²) in [5.74, 6) is 0.923. The average molecular weight is 288 g/mol. The Morgan fingerprint density at radius 3 is 2.70 bits per heavy atom. The highest BCUT2D eigenvalue weighted by Gasteiger charge is 2.23. The number of benzene rings is 2. The van der Waals surface area contributed by atoms with Crippen molar-refractivity contribution in [2.75, 3.05) is 0 Å². The first-order chi connectivity index (χ1) is 9.70. The number of hydrogen-bond donors (Lipinski definition) is 1. The van der Waals surface area contributed by atoms with Crippen molar-refractivity contribution in [2.24, 2.45) is 5.73 Å². The SMILES string of the molecule is NC(Cc1cccc(Cl)c1)c1cccc(OC2CC2)c1. The minimum absolute atomic E-state index is 0.0452. The van der Waals surface area contributed by atoms with Crippen molar-refractivity contribution in [3.05, 3.63) is 64.7 Å². The minimum atomic E-state index is -0.0452. The van der Waals surface area contributed by atoms with Crippen LogP contribution >= 0.6 is 11.6 Å². The third kappa shape index (κ3) is 3.53. The number of ether oxygens (including phenoxy) is 1. The molecule has 2 nitrogen and oxygen atoms in total. The summed E-state index contributed by atoms with van der Waals surface area (Å²) in [4.78, 5) is 0. The Labute approximate surface area is 124 Å². The molecule has 1 unspecified atom stereocenters. The predicted molar refractivity (Wildman–Crippen MR) is 82.2 cm³/mol. The third-order valence-electron chi connectivity index (χ3n) is 3.46. The second kappa shape index (κ2) is 5.86. The first kappa shape index (κ1) is 13.5. The standard InChI is InChI=1S/C17H18ClNO/c18-14-5-1-3-12(9-14)10-17(19)13-4-2-6-16(11-13)20-15-7-8-15/h1-6,9,11,15,17H,7-8,10,19H2. The summed E-state index contributed by atoms with van der Waals surface area (Å²) in [6.07, 6.45) is 3.51. The zero-order valence-electron chi connectivity index (χ0n) is 11.3. The molecule has 2 aromatic carbocycles. The molecule has 2 N–H and O–H groups in total. The van der Waals surface area contributed by atoms with E-state index < -0.39 is 0 Å². The largest absolute Gasteiger partial charge is 0.490 e. The van der Waals surface area contributed by atoms with Gasteiger partial charge in [-0.2, -0.15) is 0 Å². The van der Waals surface area contributed by atoms with E-state index in [-0.39, 0.29) is 6.04 Å². The summed E-state index contributed by atoms with van der Waals surface area (Å²) < 4.78 is 5.81. The summed E-state index contributed by atoms with van der Waals surface area (Å²) in [7, 11) is 0. The Morgan fingerprint density at radius 2 is 1.95 bits per heavy atom. The second-order valence-electron chi connectivity index (χ2n) is 5.33. The van der Waals surface area contributed by atoms with Gasteiger partial charge in [0.2, 0.25) is 0 Å². The molecule has 0 radical (unpaired) electrons. The molecule has 0 saturated heterocycles. The van der Waals surface area contributed by atoms with Crippen LogP contribution in [0.5, 0.6) is 5.75 Å². The lowest BCUT2D eigenvalue weighted by Gasteiger charge is -2.14. The number of hydrogen-bond acceptors (Lipinski definition) is 2. The minimum Gasteiger partial charge on any atom is -0.490 e. The Kier molecular flexibility index (Phi) is 3.95. The highest BCUT2D eigenvalue weighted by molar-refractivity contribution is 6.30. The fraction of sp³-hybridized carbons (Fsp3) is 0.294. The highest BCUT2D eigenvalue weighted by atomic mass is 35.5. The summed E-state index contributed by atoms with van der Waals surface area (Å²) in [5.41, 5.74) is 8.55. The molecule has 0 aliphatic heterocycles. The highest BCUT2D eigenvalue weighted by Crippen LogP contribution is 2.28. The van der Waals surface area contributed by atoms with Gasteiger partial charge in [0.1, 0.15) is 5.75 Å². The second-order valence-corrected chi connectivity index (χ2v) is 5.77. The van der Waals surface area contributed by atoms with Crippen molar-refractivity contribution < 1.29 is 4.74 Å². The van der Waals surface area contributed by atoms with Gasteiger partial charge in [-0.1, -0.05) is 35.9 Å². The maximum absolute atomic E-state index is 6.29. The molecule has 104 valence electrons. The van der Waals surface area contributed by atoms with Gasteiger partial charge in [-0.05, 0) is 54.7 Å². The molecule has 0 bridgehead atoms. The van der Waals surface area contributed by atoms with E-state index in [1.165, 1.54) is 12.8 Å². The van der Waals surface area contributed by atoms with Gasteiger partial charge >= 0.3 is 0 Å². The normalized spacial score (nSPS) is 15.9. The van der Waals surface area contributed by atoms with Crippen LogP contribution in [0, 0.1) is 0 Å². The summed E-state index contributed by atoms with van der Waals surface area (Å²) >= 11 is 6.00. The topological polar surface area (TPSA) is 35.2 Å².